The molecule has 1 N–H and O–H groups in total. The summed E-state index contributed by atoms with van der Waals surface area (Å²) < 4.78 is 9.59. The second-order valence-corrected chi connectivity index (χ2v) is 2.28. The molecule has 1 heterocycles. The van der Waals surface area contributed by atoms with E-state index in [1.165, 1.54) is 0 Å². The highest BCUT2D eigenvalue weighted by molar-refractivity contribution is 5.58. The zero-order chi connectivity index (χ0) is 8.27. The number of ether oxygens (including phenoxy) is 2. The smallest absolute Gasteiger partial charge is 0.449 e. The van der Waals surface area contributed by atoms with Crippen LogP contribution in [-0.2, 0) is 9.47 Å². The Morgan fingerprint density at radius 2 is 2.64 bits per heavy atom. The molecular weight excluding hydrogens is 148 g/mol. The molecule has 1 rings (SSSR count). The van der Waals surface area contributed by atoms with Crippen LogP contribution in [-0.4, -0.2) is 24.0 Å². The first kappa shape index (κ1) is 8.07. The highest BCUT2D eigenvalue weighted by atomic mass is 16.7. The number of rotatable bonds is 1. The van der Waals surface area contributed by atoms with Crippen molar-refractivity contribution in [1.29, 1.82) is 0 Å². The third kappa shape index (κ3) is 2.23. The summed E-state index contributed by atoms with van der Waals surface area (Å²) in [4.78, 5) is 10.1. The summed E-state index contributed by atoms with van der Waals surface area (Å²) in [5, 5.41) is 8.26. The Morgan fingerprint density at radius 1 is 1.91 bits per heavy atom. The molecule has 1 aliphatic rings. The van der Waals surface area contributed by atoms with Crippen molar-refractivity contribution in [3.63, 3.8) is 0 Å². The molecule has 0 aromatic carbocycles. The molecule has 0 fully saturated rings. The van der Waals surface area contributed by atoms with Crippen LogP contribution in [0.4, 0.5) is 4.79 Å². The molecule has 0 saturated carbocycles. The summed E-state index contributed by atoms with van der Waals surface area (Å²) in [6.07, 6.45) is 0.934. The molecule has 1 atom stereocenters. The van der Waals surface area contributed by atoms with Crippen LogP contribution in [0, 0.1) is 0 Å². The number of carboxylic acid groups (broad SMARTS) is 1. The maximum absolute atomic E-state index is 10.1. The first-order valence-corrected chi connectivity index (χ1v) is 3.42. The topological polar surface area (TPSA) is 55.8 Å². The van der Waals surface area contributed by atoms with Gasteiger partial charge >= 0.3 is 6.16 Å². The summed E-state index contributed by atoms with van der Waals surface area (Å²) >= 11 is 0. The normalized spacial score (nSPS) is 24.1. The lowest BCUT2D eigenvalue weighted by Gasteiger charge is -2.18. The Bertz CT molecular complexity index is 185. The largest absolute Gasteiger partial charge is 0.511 e. The van der Waals surface area contributed by atoms with Crippen LogP contribution in [0.3, 0.4) is 0 Å². The number of hydrogen-bond acceptors (Lipinski definition) is 3. The van der Waals surface area contributed by atoms with Crippen molar-refractivity contribution in [2.45, 2.75) is 19.4 Å². The first-order chi connectivity index (χ1) is 5.20. The Morgan fingerprint density at radius 3 is 3.18 bits per heavy atom. The summed E-state index contributed by atoms with van der Waals surface area (Å²) in [5.41, 5.74) is 0. The second-order valence-electron chi connectivity index (χ2n) is 2.28. The van der Waals surface area contributed by atoms with E-state index in [1.54, 1.807) is 13.0 Å². The third-order valence-electron chi connectivity index (χ3n) is 1.44. The van der Waals surface area contributed by atoms with Gasteiger partial charge in [0, 0.05) is 0 Å². The van der Waals surface area contributed by atoms with E-state index in [0.29, 0.717) is 18.8 Å². The van der Waals surface area contributed by atoms with Crippen LogP contribution in [0.2, 0.25) is 0 Å². The van der Waals surface area contributed by atoms with Gasteiger partial charge in [-0.1, -0.05) is 0 Å². The van der Waals surface area contributed by atoms with E-state index < -0.39 is 6.16 Å². The van der Waals surface area contributed by atoms with Gasteiger partial charge in [-0.05, 0) is 19.4 Å². The van der Waals surface area contributed by atoms with Crippen molar-refractivity contribution in [2.24, 2.45) is 0 Å². The van der Waals surface area contributed by atoms with Crippen molar-refractivity contribution in [3.8, 4) is 0 Å². The summed E-state index contributed by atoms with van der Waals surface area (Å²) in [6.45, 7) is 2.39. The Balaban J connectivity index is 2.53. The van der Waals surface area contributed by atoms with Gasteiger partial charge in [0.15, 0.2) is 0 Å². The van der Waals surface area contributed by atoms with Gasteiger partial charge < -0.3 is 14.6 Å². The predicted molar refractivity (Wildman–Crippen MR) is 37.2 cm³/mol. The molecule has 0 bridgehead atoms. The second kappa shape index (κ2) is 3.39. The van der Waals surface area contributed by atoms with Crippen molar-refractivity contribution >= 4 is 6.16 Å². The maximum Gasteiger partial charge on any atom is 0.511 e. The highest BCUT2D eigenvalue weighted by Gasteiger charge is 2.16. The summed E-state index contributed by atoms with van der Waals surface area (Å²) in [6, 6.07) is 0. The van der Waals surface area contributed by atoms with Crippen LogP contribution in [0.15, 0.2) is 11.8 Å². The van der Waals surface area contributed by atoms with Crippen LogP contribution in [0.5, 0.6) is 0 Å². The summed E-state index contributed by atoms with van der Waals surface area (Å²) in [5.74, 6) is 0.392. The number of carbonyl (C=O) groups is 1. The van der Waals surface area contributed by atoms with Crippen molar-refractivity contribution in [3.05, 3.63) is 11.8 Å². The lowest BCUT2D eigenvalue weighted by atomic mass is 10.2. The maximum atomic E-state index is 10.1. The van der Waals surface area contributed by atoms with Crippen LogP contribution in [0.1, 0.15) is 13.3 Å². The zero-order valence-electron chi connectivity index (χ0n) is 6.24. The third-order valence-corrected chi connectivity index (χ3v) is 1.44. The molecule has 0 radical (unpaired) electrons. The lowest BCUT2D eigenvalue weighted by molar-refractivity contribution is 0.0312. The molecule has 0 amide bonds. The van der Waals surface area contributed by atoms with Crippen molar-refractivity contribution in [1.82, 2.24) is 0 Å². The molecule has 0 spiro atoms. The molecule has 0 aromatic rings. The minimum absolute atomic E-state index is 0.236. The Labute approximate surface area is 64.4 Å². The highest BCUT2D eigenvalue weighted by Crippen LogP contribution is 2.14. The molecule has 4 heteroatoms. The molecule has 0 saturated heterocycles. The molecular formula is C7H10O4. The fourth-order valence-corrected chi connectivity index (χ4v) is 0.920. The minimum Gasteiger partial charge on any atom is -0.449 e. The van der Waals surface area contributed by atoms with Crippen molar-refractivity contribution in [2.75, 3.05) is 6.61 Å². The van der Waals surface area contributed by atoms with Gasteiger partial charge in [0.25, 0.3) is 0 Å². The van der Waals surface area contributed by atoms with E-state index in [-0.39, 0.29) is 6.10 Å². The zero-order valence-corrected chi connectivity index (χ0v) is 6.24. The van der Waals surface area contributed by atoms with Gasteiger partial charge in [0.05, 0.1) is 6.61 Å². The molecule has 0 aromatic heterocycles. The van der Waals surface area contributed by atoms with E-state index in [1.807, 2.05) is 0 Å². The lowest BCUT2D eigenvalue weighted by Crippen LogP contribution is -2.20. The SMILES string of the molecule is CC1OCCC=C1OC(=O)O. The molecule has 62 valence electrons. The average molecular weight is 158 g/mol. The average Bonchev–Trinajstić information content (AvgIpc) is 1.93. The monoisotopic (exact) mass is 158 g/mol. The van der Waals surface area contributed by atoms with E-state index in [0.717, 1.165) is 0 Å². The molecule has 1 unspecified atom stereocenters. The van der Waals surface area contributed by atoms with Gasteiger partial charge in [-0.2, -0.15) is 0 Å². The van der Waals surface area contributed by atoms with Gasteiger partial charge in [0.1, 0.15) is 11.9 Å². The van der Waals surface area contributed by atoms with Crippen molar-refractivity contribution < 1.29 is 19.4 Å². The van der Waals surface area contributed by atoms with Gasteiger partial charge in [-0.15, -0.1) is 0 Å². The molecule has 11 heavy (non-hydrogen) atoms. The van der Waals surface area contributed by atoms with Gasteiger partial charge in [-0.3, -0.25) is 0 Å². The fourth-order valence-electron chi connectivity index (χ4n) is 0.920. The van der Waals surface area contributed by atoms with E-state index >= 15 is 0 Å². The Kier molecular flexibility index (Phi) is 2.48. The predicted octanol–water partition coefficient (Wildman–Crippen LogP) is 1.37. The molecule has 4 nitrogen and oxygen atoms in total. The van der Waals surface area contributed by atoms with Crippen LogP contribution < -0.4 is 0 Å². The van der Waals surface area contributed by atoms with E-state index in [9.17, 15) is 4.79 Å². The fraction of sp³-hybridized carbons (Fsp3) is 0.571. The standard InChI is InChI=1S/C7H10O4/c1-5-6(11-7(8)9)3-2-4-10-5/h3,5H,2,4H2,1H3,(H,8,9). The summed E-state index contributed by atoms with van der Waals surface area (Å²) in [7, 11) is 0. The quantitative estimate of drug-likeness (QED) is 0.585. The number of hydrogen-bond donors (Lipinski definition) is 1. The Hall–Kier alpha value is -1.03. The van der Waals surface area contributed by atoms with Crippen LogP contribution >= 0.6 is 0 Å². The van der Waals surface area contributed by atoms with Crippen LogP contribution in [0.25, 0.3) is 0 Å². The first-order valence-electron chi connectivity index (χ1n) is 3.42. The van der Waals surface area contributed by atoms with Gasteiger partial charge in [0.2, 0.25) is 0 Å². The molecule has 1 aliphatic heterocycles. The van der Waals surface area contributed by atoms with E-state index in [2.05, 4.69) is 4.74 Å². The van der Waals surface area contributed by atoms with E-state index in [4.69, 9.17) is 9.84 Å². The molecule has 0 aliphatic carbocycles. The minimum atomic E-state index is -1.28. The van der Waals surface area contributed by atoms with Gasteiger partial charge in [-0.25, -0.2) is 4.79 Å².